The van der Waals surface area contributed by atoms with Crippen LogP contribution in [0.25, 0.3) is 0 Å². The number of rotatable bonds is 8. The first kappa shape index (κ1) is 19.4. The lowest BCUT2D eigenvalue weighted by atomic mass is 10.2. The van der Waals surface area contributed by atoms with Crippen LogP contribution in [0.2, 0.25) is 0 Å². The molecule has 1 saturated heterocycles. The molecule has 0 bridgehead atoms. The molecule has 0 saturated carbocycles. The third kappa shape index (κ3) is 6.45. The van der Waals surface area contributed by atoms with Crippen molar-refractivity contribution < 1.29 is 22.7 Å². The number of benzene rings is 1. The molecular weight excluding hydrogens is 346 g/mol. The number of hydrogen-bond donors (Lipinski definition) is 2. The molecule has 1 aliphatic rings. The Labute approximate surface area is 147 Å². The predicted octanol–water partition coefficient (Wildman–Crippen LogP) is -0.415. The second-order valence-electron chi connectivity index (χ2n) is 5.55. The highest BCUT2D eigenvalue weighted by molar-refractivity contribution is 7.89. The van der Waals surface area contributed by atoms with Gasteiger partial charge in [0.1, 0.15) is 0 Å². The Bertz CT molecular complexity index is 672. The van der Waals surface area contributed by atoms with Crippen LogP contribution in [0.5, 0.6) is 0 Å². The lowest BCUT2D eigenvalue weighted by Crippen LogP contribution is -2.42. The molecule has 2 amide bonds. The number of sulfonamides is 1. The summed E-state index contributed by atoms with van der Waals surface area (Å²) in [6.07, 6.45) is -0.105. The van der Waals surface area contributed by atoms with Crippen LogP contribution in [0, 0.1) is 0 Å². The number of morpholine rings is 1. The molecule has 1 aromatic rings. The number of carbonyl (C=O) groups excluding carboxylic acids is 2. The van der Waals surface area contributed by atoms with Gasteiger partial charge in [0.25, 0.3) is 5.91 Å². The number of hydrogen-bond acceptors (Lipinski definition) is 5. The van der Waals surface area contributed by atoms with E-state index >= 15 is 0 Å². The van der Waals surface area contributed by atoms with Gasteiger partial charge in [-0.1, -0.05) is 18.2 Å². The largest absolute Gasteiger partial charge is 0.379 e. The zero-order valence-corrected chi connectivity index (χ0v) is 14.8. The summed E-state index contributed by atoms with van der Waals surface area (Å²) in [6.45, 7) is 1.94. The molecule has 0 radical (unpaired) electrons. The van der Waals surface area contributed by atoms with Gasteiger partial charge in [0.15, 0.2) is 0 Å². The molecule has 0 aliphatic carbocycles. The van der Waals surface area contributed by atoms with Crippen molar-refractivity contribution in [2.45, 2.75) is 6.42 Å². The second-order valence-corrected chi connectivity index (χ2v) is 7.64. The molecule has 138 valence electrons. The molecule has 1 fully saturated rings. The minimum Gasteiger partial charge on any atom is -0.379 e. The summed E-state index contributed by atoms with van der Waals surface area (Å²) in [6, 6.07) is 8.76. The number of carbonyl (C=O) groups is 2. The van der Waals surface area contributed by atoms with E-state index in [0.717, 1.165) is 0 Å². The highest BCUT2D eigenvalue weighted by Gasteiger charge is 2.24. The molecule has 0 aromatic heterocycles. The quantitative estimate of drug-likeness (QED) is 0.606. The lowest BCUT2D eigenvalue weighted by Gasteiger charge is -2.25. The van der Waals surface area contributed by atoms with E-state index in [1.807, 2.05) is 6.07 Å². The maximum absolute atomic E-state index is 12.1. The predicted molar refractivity (Wildman–Crippen MR) is 92.6 cm³/mol. The molecule has 2 N–H and O–H groups in total. The van der Waals surface area contributed by atoms with E-state index in [0.29, 0.717) is 31.9 Å². The maximum Gasteiger partial charge on any atom is 0.251 e. The van der Waals surface area contributed by atoms with Crippen LogP contribution in [0.15, 0.2) is 30.3 Å². The zero-order valence-electron chi connectivity index (χ0n) is 13.9. The summed E-state index contributed by atoms with van der Waals surface area (Å²) >= 11 is 0. The van der Waals surface area contributed by atoms with Crippen LogP contribution >= 0.6 is 0 Å². The summed E-state index contributed by atoms with van der Waals surface area (Å²) in [7, 11) is -3.44. The second kappa shape index (κ2) is 9.50. The smallest absolute Gasteiger partial charge is 0.251 e. The fourth-order valence-electron chi connectivity index (χ4n) is 2.33. The SMILES string of the molecule is O=C(CCS(=O)(=O)N1CCOCC1)NCCNC(=O)c1ccccc1. The van der Waals surface area contributed by atoms with Crippen molar-refractivity contribution in [3.05, 3.63) is 35.9 Å². The van der Waals surface area contributed by atoms with Crippen molar-refractivity contribution in [2.75, 3.05) is 45.1 Å². The van der Waals surface area contributed by atoms with Gasteiger partial charge >= 0.3 is 0 Å². The first-order valence-corrected chi connectivity index (χ1v) is 9.75. The van der Waals surface area contributed by atoms with Gasteiger partial charge in [0.05, 0.1) is 19.0 Å². The van der Waals surface area contributed by atoms with Crippen molar-refractivity contribution in [1.29, 1.82) is 0 Å². The fourth-order valence-corrected chi connectivity index (χ4v) is 3.74. The van der Waals surface area contributed by atoms with E-state index < -0.39 is 10.0 Å². The number of ether oxygens (including phenoxy) is 1. The lowest BCUT2D eigenvalue weighted by molar-refractivity contribution is -0.120. The minimum atomic E-state index is -3.44. The Morgan fingerprint density at radius 2 is 1.68 bits per heavy atom. The fraction of sp³-hybridized carbons (Fsp3) is 0.500. The molecular formula is C16H23N3O5S. The Hall–Kier alpha value is -1.97. The van der Waals surface area contributed by atoms with Gasteiger partial charge in [-0.3, -0.25) is 9.59 Å². The van der Waals surface area contributed by atoms with E-state index in [1.165, 1.54) is 4.31 Å². The van der Waals surface area contributed by atoms with Crippen molar-refractivity contribution in [3.8, 4) is 0 Å². The minimum absolute atomic E-state index is 0.105. The average molecular weight is 369 g/mol. The highest BCUT2D eigenvalue weighted by atomic mass is 32.2. The van der Waals surface area contributed by atoms with Gasteiger partial charge in [0.2, 0.25) is 15.9 Å². The van der Waals surface area contributed by atoms with E-state index in [1.54, 1.807) is 24.3 Å². The average Bonchev–Trinajstić information content (AvgIpc) is 2.65. The summed E-state index contributed by atoms with van der Waals surface area (Å²) in [5.41, 5.74) is 0.547. The summed E-state index contributed by atoms with van der Waals surface area (Å²) in [5, 5.41) is 5.29. The molecule has 8 nitrogen and oxygen atoms in total. The Morgan fingerprint density at radius 1 is 1.04 bits per heavy atom. The zero-order chi connectivity index (χ0) is 18.1. The van der Waals surface area contributed by atoms with E-state index in [-0.39, 0.29) is 37.1 Å². The van der Waals surface area contributed by atoms with Crippen molar-refractivity contribution in [1.82, 2.24) is 14.9 Å². The van der Waals surface area contributed by atoms with E-state index in [2.05, 4.69) is 10.6 Å². The number of amides is 2. The molecule has 0 spiro atoms. The van der Waals surface area contributed by atoms with Crippen molar-refractivity contribution in [2.24, 2.45) is 0 Å². The summed E-state index contributed by atoms with van der Waals surface area (Å²) in [4.78, 5) is 23.6. The van der Waals surface area contributed by atoms with Crippen LogP contribution in [-0.4, -0.2) is 69.7 Å². The molecule has 1 heterocycles. The van der Waals surface area contributed by atoms with Crippen LogP contribution < -0.4 is 10.6 Å². The normalized spacial score (nSPS) is 15.5. The Morgan fingerprint density at radius 3 is 2.36 bits per heavy atom. The molecule has 9 heteroatoms. The van der Waals surface area contributed by atoms with Gasteiger partial charge < -0.3 is 15.4 Å². The first-order chi connectivity index (χ1) is 12.0. The maximum atomic E-state index is 12.1. The van der Waals surface area contributed by atoms with Gasteiger partial charge in [-0.15, -0.1) is 0 Å². The van der Waals surface area contributed by atoms with Crippen LogP contribution in [-0.2, 0) is 19.6 Å². The molecule has 0 atom stereocenters. The van der Waals surface area contributed by atoms with Crippen molar-refractivity contribution in [3.63, 3.8) is 0 Å². The third-order valence-electron chi connectivity index (χ3n) is 3.72. The summed E-state index contributed by atoms with van der Waals surface area (Å²) < 4.78 is 30.7. The standard InChI is InChI=1S/C16H23N3O5S/c20-15(6-13-25(22,23)19-9-11-24-12-10-19)17-7-8-18-16(21)14-4-2-1-3-5-14/h1-5H,6-13H2,(H,17,20)(H,18,21). The monoisotopic (exact) mass is 369 g/mol. The first-order valence-electron chi connectivity index (χ1n) is 8.14. The molecule has 1 aliphatic heterocycles. The van der Waals surface area contributed by atoms with Crippen LogP contribution in [0.1, 0.15) is 16.8 Å². The van der Waals surface area contributed by atoms with Gasteiger partial charge in [-0.05, 0) is 12.1 Å². The number of nitrogens with zero attached hydrogens (tertiary/aromatic N) is 1. The molecule has 2 rings (SSSR count). The molecule has 1 aromatic carbocycles. The van der Waals surface area contributed by atoms with Crippen LogP contribution in [0.3, 0.4) is 0 Å². The van der Waals surface area contributed by atoms with Crippen molar-refractivity contribution >= 4 is 21.8 Å². The topological polar surface area (TPSA) is 105 Å². The Balaban J connectivity index is 1.63. The number of nitrogens with one attached hydrogen (secondary N) is 2. The summed E-state index contributed by atoms with van der Waals surface area (Å²) in [5.74, 6) is -0.801. The van der Waals surface area contributed by atoms with Gasteiger partial charge in [-0.25, -0.2) is 8.42 Å². The van der Waals surface area contributed by atoms with Gasteiger partial charge in [0, 0.05) is 38.2 Å². The molecule has 25 heavy (non-hydrogen) atoms. The van der Waals surface area contributed by atoms with E-state index in [4.69, 9.17) is 4.74 Å². The third-order valence-corrected chi connectivity index (χ3v) is 5.59. The highest BCUT2D eigenvalue weighted by Crippen LogP contribution is 2.06. The van der Waals surface area contributed by atoms with E-state index in [9.17, 15) is 18.0 Å². The Kier molecular flexibility index (Phi) is 7.35. The molecule has 0 unspecified atom stereocenters. The van der Waals surface area contributed by atoms with Gasteiger partial charge in [-0.2, -0.15) is 4.31 Å². The van der Waals surface area contributed by atoms with Crippen LogP contribution in [0.4, 0.5) is 0 Å².